The van der Waals surface area contributed by atoms with Gasteiger partial charge in [-0.25, -0.2) is 4.79 Å². The maximum absolute atomic E-state index is 13.0. The van der Waals surface area contributed by atoms with E-state index in [1.54, 1.807) is 0 Å². The molecule has 11 heteroatoms. The van der Waals surface area contributed by atoms with Crippen LogP contribution < -0.4 is 0 Å². The van der Waals surface area contributed by atoms with E-state index in [1.165, 1.54) is 31.2 Å². The van der Waals surface area contributed by atoms with Crippen molar-refractivity contribution in [3.63, 3.8) is 0 Å². The molecule has 1 amide bonds. The number of carboxylic acids is 1. The van der Waals surface area contributed by atoms with Crippen molar-refractivity contribution in [3.05, 3.63) is 39.9 Å². The summed E-state index contributed by atoms with van der Waals surface area (Å²) in [5.41, 5.74) is 0.373. The molecule has 1 saturated heterocycles. The maximum atomic E-state index is 13.0. The van der Waals surface area contributed by atoms with Gasteiger partial charge in [-0.1, -0.05) is 0 Å². The van der Waals surface area contributed by atoms with Crippen LogP contribution >= 0.6 is 0 Å². The second-order valence-electron chi connectivity index (χ2n) is 8.19. The summed E-state index contributed by atoms with van der Waals surface area (Å²) in [6.07, 6.45) is -0.861. The van der Waals surface area contributed by atoms with Gasteiger partial charge in [0.05, 0.1) is 29.4 Å². The topological polar surface area (TPSA) is 164 Å². The van der Waals surface area contributed by atoms with E-state index in [2.05, 4.69) is 0 Å². The third-order valence-electron chi connectivity index (χ3n) is 6.01. The highest BCUT2D eigenvalue weighted by Gasteiger charge is 2.56. The number of hydrogen-bond acceptors (Lipinski definition) is 8. The minimum atomic E-state index is -1.18. The van der Waals surface area contributed by atoms with Crippen LogP contribution in [0, 0.1) is 22.0 Å². The maximum Gasteiger partial charge on any atom is 0.329 e. The number of benzene rings is 1. The van der Waals surface area contributed by atoms with Gasteiger partial charge in [0.15, 0.2) is 0 Å². The summed E-state index contributed by atoms with van der Waals surface area (Å²) >= 11 is 0. The monoisotopic (exact) mass is 448 g/mol. The molecule has 2 fully saturated rings. The summed E-state index contributed by atoms with van der Waals surface area (Å²) < 4.78 is 5.37. The SMILES string of the molecule is C[C@@H](O)[C@H]1C(=O)N(C(C(=O)OCc2ccc([N+](=O)[O-])cc2)C2CCC(=O)C2)[C@@H]1CC(=O)O. The van der Waals surface area contributed by atoms with Crippen LogP contribution in [-0.4, -0.2) is 61.9 Å². The number of aliphatic hydroxyl groups is 1. The number of nitro benzene ring substituents is 1. The van der Waals surface area contributed by atoms with Gasteiger partial charge >= 0.3 is 11.9 Å². The smallest absolute Gasteiger partial charge is 0.329 e. The number of non-ortho nitro benzene ring substituents is 1. The van der Waals surface area contributed by atoms with Crippen LogP contribution in [0.5, 0.6) is 0 Å². The normalized spacial score (nSPS) is 24.6. The molecule has 0 bridgehead atoms. The number of ether oxygens (including phenoxy) is 1. The van der Waals surface area contributed by atoms with Crippen molar-refractivity contribution in [2.75, 3.05) is 0 Å². The Morgan fingerprint density at radius 2 is 1.94 bits per heavy atom. The number of nitrogens with zero attached hydrogens (tertiary/aromatic N) is 2. The quantitative estimate of drug-likeness (QED) is 0.243. The number of aliphatic carboxylic acids is 1. The highest BCUT2D eigenvalue weighted by Crippen LogP contribution is 2.39. The first-order valence-electron chi connectivity index (χ1n) is 10.2. The number of likely N-dealkylation sites (tertiary alicyclic amines) is 1. The molecule has 5 atom stereocenters. The van der Waals surface area contributed by atoms with Crippen LogP contribution in [-0.2, 0) is 30.5 Å². The van der Waals surface area contributed by atoms with Crippen LogP contribution in [0.2, 0.25) is 0 Å². The number of carbonyl (C=O) groups is 4. The lowest BCUT2D eigenvalue weighted by molar-refractivity contribution is -0.384. The van der Waals surface area contributed by atoms with Gasteiger partial charge in [0, 0.05) is 25.0 Å². The number of hydrogen-bond donors (Lipinski definition) is 2. The van der Waals surface area contributed by atoms with Gasteiger partial charge < -0.3 is 19.8 Å². The largest absolute Gasteiger partial charge is 0.481 e. The van der Waals surface area contributed by atoms with Crippen molar-refractivity contribution in [2.24, 2.45) is 11.8 Å². The van der Waals surface area contributed by atoms with E-state index < -0.39 is 59.2 Å². The first-order valence-corrected chi connectivity index (χ1v) is 10.2. The average Bonchev–Trinajstić information content (AvgIpc) is 3.15. The van der Waals surface area contributed by atoms with Crippen molar-refractivity contribution < 1.29 is 39.1 Å². The third-order valence-corrected chi connectivity index (χ3v) is 6.01. The van der Waals surface area contributed by atoms with Gasteiger partial charge in [0.25, 0.3) is 5.69 Å². The average molecular weight is 448 g/mol. The summed E-state index contributed by atoms with van der Waals surface area (Å²) in [6, 6.07) is 3.37. The molecule has 11 nitrogen and oxygen atoms in total. The number of nitro groups is 1. The third kappa shape index (κ3) is 4.77. The highest BCUT2D eigenvalue weighted by molar-refractivity contribution is 5.93. The first-order chi connectivity index (χ1) is 15.1. The van der Waals surface area contributed by atoms with Gasteiger partial charge in [-0.3, -0.25) is 24.5 Å². The van der Waals surface area contributed by atoms with Crippen LogP contribution in [0.3, 0.4) is 0 Å². The Balaban J connectivity index is 1.79. The van der Waals surface area contributed by atoms with Crippen molar-refractivity contribution >= 4 is 29.3 Å². The zero-order valence-corrected chi connectivity index (χ0v) is 17.4. The van der Waals surface area contributed by atoms with Crippen molar-refractivity contribution in [1.29, 1.82) is 0 Å². The number of carboxylic acid groups (broad SMARTS) is 1. The molecule has 0 radical (unpaired) electrons. The summed E-state index contributed by atoms with van der Waals surface area (Å²) in [4.78, 5) is 60.3. The Morgan fingerprint density at radius 1 is 1.28 bits per heavy atom. The molecule has 1 heterocycles. The molecule has 0 spiro atoms. The fourth-order valence-electron chi connectivity index (χ4n) is 4.47. The number of rotatable bonds is 9. The number of Topliss-reactive ketones (excluding diaryl/α,β-unsaturated/α-hetero) is 1. The van der Waals surface area contributed by atoms with E-state index in [0.29, 0.717) is 12.0 Å². The van der Waals surface area contributed by atoms with E-state index in [1.807, 2.05) is 0 Å². The molecule has 2 unspecified atom stereocenters. The van der Waals surface area contributed by atoms with Crippen LogP contribution in [0.1, 0.15) is 38.2 Å². The molecular weight excluding hydrogens is 424 g/mol. The molecule has 1 aromatic rings. The number of carbonyl (C=O) groups excluding carboxylic acids is 3. The predicted molar refractivity (Wildman–Crippen MR) is 107 cm³/mol. The summed E-state index contributed by atoms with van der Waals surface area (Å²) in [5.74, 6) is -4.04. The zero-order valence-electron chi connectivity index (χ0n) is 17.4. The zero-order chi connectivity index (χ0) is 23.6. The second kappa shape index (κ2) is 9.43. The molecule has 1 aliphatic carbocycles. The summed E-state index contributed by atoms with van der Waals surface area (Å²) in [6.45, 7) is 1.18. The molecule has 3 rings (SSSR count). The van der Waals surface area contributed by atoms with Crippen molar-refractivity contribution in [2.45, 2.75) is 57.4 Å². The van der Waals surface area contributed by atoms with Crippen LogP contribution in [0.25, 0.3) is 0 Å². The number of aliphatic hydroxyl groups excluding tert-OH is 1. The lowest BCUT2D eigenvalue weighted by Crippen LogP contribution is -2.70. The minimum Gasteiger partial charge on any atom is -0.481 e. The Bertz CT molecular complexity index is 928. The molecule has 2 aliphatic rings. The number of amides is 1. The van der Waals surface area contributed by atoms with E-state index in [-0.39, 0.29) is 30.9 Å². The lowest BCUT2D eigenvalue weighted by Gasteiger charge is -2.52. The Hall–Kier alpha value is -3.34. The standard InChI is InChI=1S/C21H24N2O9/c1-11(24)18-16(9-17(26)27)22(20(18)28)19(13-4-7-15(25)8-13)21(29)32-10-12-2-5-14(6-3-12)23(30)31/h2-3,5-6,11,13,16,18-19,24H,4,7-10H2,1H3,(H,26,27)/t11-,13?,16-,18-,19?/m1/s1. The number of ketones is 1. The van der Waals surface area contributed by atoms with E-state index in [9.17, 15) is 39.5 Å². The molecule has 1 aromatic carbocycles. The molecule has 1 saturated carbocycles. The van der Waals surface area contributed by atoms with Gasteiger partial charge in [0.2, 0.25) is 5.91 Å². The van der Waals surface area contributed by atoms with E-state index in [4.69, 9.17) is 4.74 Å². The minimum absolute atomic E-state index is 0.0574. The lowest BCUT2D eigenvalue weighted by atomic mass is 9.78. The molecule has 172 valence electrons. The molecule has 32 heavy (non-hydrogen) atoms. The van der Waals surface area contributed by atoms with Crippen molar-refractivity contribution in [3.8, 4) is 0 Å². The fraction of sp³-hybridized carbons (Fsp3) is 0.524. The second-order valence-corrected chi connectivity index (χ2v) is 8.19. The molecule has 1 aliphatic heterocycles. The summed E-state index contributed by atoms with van der Waals surface area (Å²) in [5, 5.41) is 29.9. The Labute approximate surface area is 183 Å². The molecular formula is C21H24N2O9. The van der Waals surface area contributed by atoms with Gasteiger partial charge in [-0.05, 0) is 37.0 Å². The Kier molecular flexibility index (Phi) is 6.87. The molecule has 0 aromatic heterocycles. The van der Waals surface area contributed by atoms with Crippen molar-refractivity contribution in [1.82, 2.24) is 4.90 Å². The summed E-state index contributed by atoms with van der Waals surface area (Å²) in [7, 11) is 0. The van der Waals surface area contributed by atoms with Gasteiger partial charge in [-0.15, -0.1) is 0 Å². The first kappa shape index (κ1) is 23.3. The number of β-lactam (4-membered cyclic amide) rings is 1. The highest BCUT2D eigenvalue weighted by atomic mass is 16.6. The van der Waals surface area contributed by atoms with Crippen LogP contribution in [0.4, 0.5) is 5.69 Å². The Morgan fingerprint density at radius 3 is 2.44 bits per heavy atom. The van der Waals surface area contributed by atoms with E-state index in [0.717, 1.165) is 4.90 Å². The molecule has 2 N–H and O–H groups in total. The predicted octanol–water partition coefficient (Wildman–Crippen LogP) is 1.06. The fourth-order valence-corrected chi connectivity index (χ4v) is 4.47. The van der Waals surface area contributed by atoms with Gasteiger partial charge in [-0.2, -0.15) is 0 Å². The number of esters is 1. The van der Waals surface area contributed by atoms with E-state index >= 15 is 0 Å². The van der Waals surface area contributed by atoms with Gasteiger partial charge in [0.1, 0.15) is 18.4 Å². The van der Waals surface area contributed by atoms with Crippen LogP contribution in [0.15, 0.2) is 24.3 Å².